The van der Waals surface area contributed by atoms with Gasteiger partial charge in [0.15, 0.2) is 0 Å². The highest BCUT2D eigenvalue weighted by atomic mass is 16.5. The predicted molar refractivity (Wildman–Crippen MR) is 99.1 cm³/mol. The van der Waals surface area contributed by atoms with Gasteiger partial charge < -0.3 is 14.6 Å². The smallest absolute Gasteiger partial charge is 0.119 e. The molecule has 3 nitrogen and oxygen atoms in total. The van der Waals surface area contributed by atoms with Crippen molar-refractivity contribution in [3.63, 3.8) is 0 Å². The number of hydrogen-bond acceptors (Lipinski definition) is 3. The molecule has 0 amide bonds. The predicted octanol–water partition coefficient (Wildman–Crippen LogP) is 4.18. The van der Waals surface area contributed by atoms with Crippen molar-refractivity contribution in [2.45, 2.75) is 12.0 Å². The summed E-state index contributed by atoms with van der Waals surface area (Å²) in [7, 11) is 3.27. The Morgan fingerprint density at radius 3 is 1.52 bits per heavy atom. The van der Waals surface area contributed by atoms with Gasteiger partial charge in [-0.3, -0.25) is 0 Å². The number of aliphatic hydroxyl groups is 1. The third kappa shape index (κ3) is 3.67. The van der Waals surface area contributed by atoms with Gasteiger partial charge in [-0.1, -0.05) is 54.6 Å². The molecule has 0 aliphatic heterocycles. The van der Waals surface area contributed by atoms with Crippen molar-refractivity contribution < 1.29 is 14.6 Å². The van der Waals surface area contributed by atoms with Crippen LogP contribution in [-0.2, 0) is 12.0 Å². The van der Waals surface area contributed by atoms with Crippen LogP contribution in [0.15, 0.2) is 78.9 Å². The Balaban J connectivity index is 2.05. The molecule has 0 saturated carbocycles. The molecule has 128 valence electrons. The molecular formula is C22H22O3. The lowest BCUT2D eigenvalue weighted by Gasteiger charge is -2.30. The van der Waals surface area contributed by atoms with Gasteiger partial charge in [-0.2, -0.15) is 0 Å². The molecule has 0 bridgehead atoms. The normalized spacial score (nSPS) is 11.2. The molecule has 25 heavy (non-hydrogen) atoms. The maximum absolute atomic E-state index is 11.7. The first-order valence-corrected chi connectivity index (χ1v) is 8.21. The molecule has 0 aliphatic rings. The van der Waals surface area contributed by atoms with E-state index in [0.717, 1.165) is 28.2 Å². The van der Waals surface area contributed by atoms with Crippen molar-refractivity contribution in [2.75, 3.05) is 14.2 Å². The summed E-state index contributed by atoms with van der Waals surface area (Å²) >= 11 is 0. The van der Waals surface area contributed by atoms with Crippen molar-refractivity contribution in [3.8, 4) is 11.5 Å². The summed E-state index contributed by atoms with van der Waals surface area (Å²) in [5.74, 6) is 1.53. The van der Waals surface area contributed by atoms with Gasteiger partial charge in [0.1, 0.15) is 17.1 Å². The maximum Gasteiger partial charge on any atom is 0.119 e. The van der Waals surface area contributed by atoms with Crippen LogP contribution in [-0.4, -0.2) is 19.3 Å². The molecule has 0 fully saturated rings. The van der Waals surface area contributed by atoms with E-state index in [1.165, 1.54) is 0 Å². The molecule has 3 heteroatoms. The molecule has 0 spiro atoms. The molecule has 0 atom stereocenters. The average molecular weight is 334 g/mol. The second kappa shape index (κ2) is 7.41. The Bertz CT molecular complexity index is 745. The Kier molecular flexibility index (Phi) is 5.05. The first-order valence-electron chi connectivity index (χ1n) is 8.21. The molecule has 3 aromatic carbocycles. The van der Waals surface area contributed by atoms with E-state index in [1.807, 2.05) is 78.9 Å². The number of ether oxygens (including phenoxy) is 2. The molecule has 0 radical (unpaired) electrons. The number of hydrogen-bond donors (Lipinski definition) is 1. The van der Waals surface area contributed by atoms with E-state index >= 15 is 0 Å². The number of methoxy groups -OCH3 is 2. The monoisotopic (exact) mass is 334 g/mol. The van der Waals surface area contributed by atoms with Crippen LogP contribution in [0, 0.1) is 0 Å². The lowest BCUT2D eigenvalue weighted by atomic mass is 9.81. The molecule has 0 unspecified atom stereocenters. The fourth-order valence-electron chi connectivity index (χ4n) is 3.00. The number of rotatable bonds is 6. The van der Waals surface area contributed by atoms with E-state index in [-0.39, 0.29) is 0 Å². The first-order chi connectivity index (χ1) is 12.2. The lowest BCUT2D eigenvalue weighted by molar-refractivity contribution is 0.0810. The van der Waals surface area contributed by atoms with Gasteiger partial charge in [-0.05, 0) is 41.0 Å². The first kappa shape index (κ1) is 17.1. The summed E-state index contributed by atoms with van der Waals surface area (Å²) in [6.45, 7) is 0. The fourth-order valence-corrected chi connectivity index (χ4v) is 3.00. The van der Waals surface area contributed by atoms with Gasteiger partial charge in [0.05, 0.1) is 14.2 Å². The van der Waals surface area contributed by atoms with Gasteiger partial charge in [0.25, 0.3) is 0 Å². The minimum Gasteiger partial charge on any atom is -0.497 e. The summed E-state index contributed by atoms with van der Waals surface area (Å²) in [4.78, 5) is 0. The highest BCUT2D eigenvalue weighted by molar-refractivity contribution is 5.42. The molecule has 1 N–H and O–H groups in total. The maximum atomic E-state index is 11.7. The molecule has 0 heterocycles. The Morgan fingerprint density at radius 1 is 0.680 bits per heavy atom. The van der Waals surface area contributed by atoms with Gasteiger partial charge in [0.2, 0.25) is 0 Å². The Morgan fingerprint density at radius 2 is 1.12 bits per heavy atom. The third-order valence-electron chi connectivity index (χ3n) is 4.44. The van der Waals surface area contributed by atoms with Crippen LogP contribution in [0.3, 0.4) is 0 Å². The van der Waals surface area contributed by atoms with Gasteiger partial charge >= 0.3 is 0 Å². The van der Waals surface area contributed by atoms with Gasteiger partial charge in [-0.25, -0.2) is 0 Å². The van der Waals surface area contributed by atoms with Crippen molar-refractivity contribution in [2.24, 2.45) is 0 Å². The zero-order chi connectivity index (χ0) is 17.7. The molecule has 0 aliphatic carbocycles. The Labute approximate surface area is 148 Å². The largest absolute Gasteiger partial charge is 0.497 e. The molecular weight excluding hydrogens is 312 g/mol. The highest BCUT2D eigenvalue weighted by Crippen LogP contribution is 2.35. The van der Waals surface area contributed by atoms with Crippen molar-refractivity contribution in [3.05, 3.63) is 95.6 Å². The summed E-state index contributed by atoms with van der Waals surface area (Å²) in [5, 5.41) is 11.7. The van der Waals surface area contributed by atoms with Crippen LogP contribution in [0.5, 0.6) is 11.5 Å². The van der Waals surface area contributed by atoms with E-state index in [1.54, 1.807) is 14.2 Å². The topological polar surface area (TPSA) is 38.7 Å². The number of benzene rings is 3. The van der Waals surface area contributed by atoms with Crippen LogP contribution < -0.4 is 9.47 Å². The van der Waals surface area contributed by atoms with Gasteiger partial charge in [0, 0.05) is 6.42 Å². The van der Waals surface area contributed by atoms with Crippen LogP contribution in [0.1, 0.15) is 16.7 Å². The van der Waals surface area contributed by atoms with E-state index in [2.05, 4.69) is 0 Å². The third-order valence-corrected chi connectivity index (χ3v) is 4.44. The van der Waals surface area contributed by atoms with Crippen molar-refractivity contribution >= 4 is 0 Å². The van der Waals surface area contributed by atoms with Crippen molar-refractivity contribution in [1.82, 2.24) is 0 Å². The molecule has 3 rings (SSSR count). The second-order valence-corrected chi connectivity index (χ2v) is 5.98. The van der Waals surface area contributed by atoms with E-state index in [4.69, 9.17) is 9.47 Å². The zero-order valence-corrected chi connectivity index (χ0v) is 14.5. The van der Waals surface area contributed by atoms with Crippen LogP contribution in [0.25, 0.3) is 0 Å². The van der Waals surface area contributed by atoms with Crippen molar-refractivity contribution in [1.29, 1.82) is 0 Å². The standard InChI is InChI=1S/C22H22O3/c1-24-20-12-8-18(9-13-20)22(23,16-17-6-4-3-5-7-17)19-10-14-21(25-2)15-11-19/h3-15,23H,16H2,1-2H3. The Hall–Kier alpha value is -2.78. The van der Waals surface area contributed by atoms with Crippen LogP contribution in [0.4, 0.5) is 0 Å². The van der Waals surface area contributed by atoms with Crippen LogP contribution in [0.2, 0.25) is 0 Å². The summed E-state index contributed by atoms with van der Waals surface area (Å²) in [6.07, 6.45) is 0.479. The lowest BCUT2D eigenvalue weighted by Crippen LogP contribution is -2.30. The minimum atomic E-state index is -1.14. The molecule has 3 aromatic rings. The van der Waals surface area contributed by atoms with E-state index < -0.39 is 5.60 Å². The summed E-state index contributed by atoms with van der Waals surface area (Å²) < 4.78 is 10.5. The minimum absolute atomic E-state index is 0.479. The van der Waals surface area contributed by atoms with Crippen LogP contribution >= 0.6 is 0 Å². The fraction of sp³-hybridized carbons (Fsp3) is 0.182. The summed E-state index contributed by atoms with van der Waals surface area (Å²) in [6, 6.07) is 25.1. The zero-order valence-electron chi connectivity index (χ0n) is 14.5. The molecule has 0 aromatic heterocycles. The quantitative estimate of drug-likeness (QED) is 0.735. The average Bonchev–Trinajstić information content (AvgIpc) is 2.69. The van der Waals surface area contributed by atoms with E-state index in [0.29, 0.717) is 6.42 Å². The summed E-state index contributed by atoms with van der Waals surface area (Å²) in [5.41, 5.74) is 1.57. The SMILES string of the molecule is COc1ccc(C(O)(Cc2ccccc2)c2ccc(OC)cc2)cc1. The highest BCUT2D eigenvalue weighted by Gasteiger charge is 2.32. The second-order valence-electron chi connectivity index (χ2n) is 5.98. The molecule has 0 saturated heterocycles. The van der Waals surface area contributed by atoms with Gasteiger partial charge in [-0.15, -0.1) is 0 Å². The van der Waals surface area contributed by atoms with E-state index in [9.17, 15) is 5.11 Å².